The van der Waals surface area contributed by atoms with Crippen molar-refractivity contribution in [3.8, 4) is 11.5 Å². The van der Waals surface area contributed by atoms with Gasteiger partial charge in [0.25, 0.3) is 15.9 Å². The highest BCUT2D eigenvalue weighted by Crippen LogP contribution is 2.31. The molecule has 0 spiro atoms. The number of hydrazine groups is 1. The fourth-order valence-corrected chi connectivity index (χ4v) is 3.72. The summed E-state index contributed by atoms with van der Waals surface area (Å²) in [6, 6.07) is 8.69. The van der Waals surface area contributed by atoms with Crippen LogP contribution in [-0.2, 0) is 10.0 Å². The minimum Gasteiger partial charge on any atom is -0.486 e. The molecule has 0 saturated carbocycles. The third kappa shape index (κ3) is 3.82. The Balaban J connectivity index is 1.74. The molecule has 25 heavy (non-hydrogen) atoms. The molecule has 0 radical (unpaired) electrons. The highest BCUT2D eigenvalue weighted by atomic mass is 35.5. The second kappa shape index (κ2) is 7.09. The molecule has 0 aromatic heterocycles. The number of carbonyl (C=O) groups is 1. The Bertz CT molecular complexity index is 934. The number of hydrogen-bond acceptors (Lipinski definition) is 5. The van der Waals surface area contributed by atoms with Crippen molar-refractivity contribution in [2.75, 3.05) is 13.2 Å². The minimum atomic E-state index is -4.09. The molecule has 1 heterocycles. The summed E-state index contributed by atoms with van der Waals surface area (Å²) in [5, 5.41) is -0.0482. The van der Waals surface area contributed by atoms with Gasteiger partial charge in [-0.1, -0.05) is 29.3 Å². The summed E-state index contributed by atoms with van der Waals surface area (Å²) in [5.74, 6) is 0.271. The molecule has 0 bridgehead atoms. The molecular formula is C15H12Cl2N2O5S. The van der Waals surface area contributed by atoms with Crippen LogP contribution >= 0.6 is 23.2 Å². The fraction of sp³-hybridized carbons (Fsp3) is 0.133. The second-order valence-electron chi connectivity index (χ2n) is 4.97. The molecule has 3 rings (SSSR count). The molecule has 2 aromatic carbocycles. The molecule has 0 saturated heterocycles. The van der Waals surface area contributed by atoms with Crippen molar-refractivity contribution in [3.63, 3.8) is 0 Å². The molecule has 1 aliphatic rings. The summed E-state index contributed by atoms with van der Waals surface area (Å²) in [6.45, 7) is 0.802. The standard InChI is InChI=1S/C15H12Cl2N2O5S/c16-10-2-1-3-13(14(10)17)25(21,22)19-18-15(20)9-4-5-11-12(8-9)24-7-6-23-11/h1-5,8,19H,6-7H2,(H,18,20). The van der Waals surface area contributed by atoms with Crippen molar-refractivity contribution in [1.82, 2.24) is 10.3 Å². The molecule has 1 aliphatic heterocycles. The van der Waals surface area contributed by atoms with Gasteiger partial charge in [-0.05, 0) is 30.3 Å². The lowest BCUT2D eigenvalue weighted by molar-refractivity contribution is 0.0944. The van der Waals surface area contributed by atoms with Gasteiger partial charge in [0, 0.05) is 5.56 Å². The quantitative estimate of drug-likeness (QED) is 0.765. The van der Waals surface area contributed by atoms with Crippen LogP contribution in [0.3, 0.4) is 0 Å². The number of halogens is 2. The molecule has 1 amide bonds. The number of sulfonamides is 1. The number of ether oxygens (including phenoxy) is 2. The van der Waals surface area contributed by atoms with E-state index >= 15 is 0 Å². The monoisotopic (exact) mass is 402 g/mol. The average Bonchev–Trinajstić information content (AvgIpc) is 2.61. The summed E-state index contributed by atoms with van der Waals surface area (Å²) < 4.78 is 35.3. The Morgan fingerprint density at radius 1 is 1.04 bits per heavy atom. The molecule has 0 atom stereocenters. The number of carbonyl (C=O) groups excluding carboxylic acids is 1. The number of benzene rings is 2. The van der Waals surface area contributed by atoms with Crippen LogP contribution in [0.15, 0.2) is 41.3 Å². The maximum Gasteiger partial charge on any atom is 0.266 e. The van der Waals surface area contributed by atoms with Gasteiger partial charge in [-0.3, -0.25) is 10.2 Å². The van der Waals surface area contributed by atoms with Crippen LogP contribution in [-0.4, -0.2) is 27.5 Å². The van der Waals surface area contributed by atoms with Crippen molar-refractivity contribution in [3.05, 3.63) is 52.0 Å². The number of fused-ring (bicyclic) bond motifs is 1. The van der Waals surface area contributed by atoms with Crippen LogP contribution in [0.25, 0.3) is 0 Å². The molecule has 10 heteroatoms. The van der Waals surface area contributed by atoms with Crippen LogP contribution in [0.2, 0.25) is 10.0 Å². The van der Waals surface area contributed by atoms with E-state index in [0.717, 1.165) is 0 Å². The van der Waals surface area contributed by atoms with E-state index in [1.165, 1.54) is 30.3 Å². The smallest absolute Gasteiger partial charge is 0.266 e. The highest BCUT2D eigenvalue weighted by molar-refractivity contribution is 7.89. The maximum atomic E-state index is 12.3. The van der Waals surface area contributed by atoms with Gasteiger partial charge < -0.3 is 9.47 Å². The van der Waals surface area contributed by atoms with Gasteiger partial charge in [0.05, 0.1) is 10.0 Å². The fourth-order valence-electron chi connectivity index (χ4n) is 2.12. The Morgan fingerprint density at radius 2 is 1.76 bits per heavy atom. The predicted octanol–water partition coefficient (Wildman–Crippen LogP) is 2.39. The molecule has 132 valence electrons. The SMILES string of the molecule is O=C(NNS(=O)(=O)c1cccc(Cl)c1Cl)c1ccc2c(c1)OCCO2. The third-order valence-corrected chi connectivity index (χ3v) is 5.53. The first kappa shape index (κ1) is 17.8. The Labute approximate surface area is 153 Å². The lowest BCUT2D eigenvalue weighted by atomic mass is 10.2. The number of rotatable bonds is 4. The zero-order chi connectivity index (χ0) is 18.0. The molecular weight excluding hydrogens is 391 g/mol. The first-order valence-corrected chi connectivity index (χ1v) is 9.28. The van der Waals surface area contributed by atoms with E-state index in [4.69, 9.17) is 32.7 Å². The Hall–Kier alpha value is -2.00. The number of amides is 1. The van der Waals surface area contributed by atoms with Gasteiger partial charge in [0.1, 0.15) is 18.1 Å². The largest absolute Gasteiger partial charge is 0.486 e. The van der Waals surface area contributed by atoms with E-state index < -0.39 is 15.9 Å². The van der Waals surface area contributed by atoms with E-state index in [0.29, 0.717) is 24.7 Å². The highest BCUT2D eigenvalue weighted by Gasteiger charge is 2.21. The van der Waals surface area contributed by atoms with Gasteiger partial charge in [0.15, 0.2) is 11.5 Å². The molecule has 0 aliphatic carbocycles. The van der Waals surface area contributed by atoms with Crippen molar-refractivity contribution < 1.29 is 22.7 Å². The summed E-state index contributed by atoms with van der Waals surface area (Å²) in [6.07, 6.45) is 0. The molecule has 7 nitrogen and oxygen atoms in total. The van der Waals surface area contributed by atoms with E-state index in [1.54, 1.807) is 6.07 Å². The average molecular weight is 403 g/mol. The maximum absolute atomic E-state index is 12.3. The predicted molar refractivity (Wildman–Crippen MR) is 91.7 cm³/mol. The molecule has 2 aromatic rings. The van der Waals surface area contributed by atoms with Crippen LogP contribution in [0, 0.1) is 0 Å². The van der Waals surface area contributed by atoms with Gasteiger partial charge >= 0.3 is 0 Å². The van der Waals surface area contributed by atoms with Crippen molar-refractivity contribution >= 4 is 39.1 Å². The lowest BCUT2D eigenvalue weighted by Gasteiger charge is -2.18. The third-order valence-electron chi connectivity index (χ3n) is 3.31. The summed E-state index contributed by atoms with van der Waals surface area (Å²) in [5.41, 5.74) is 2.31. The zero-order valence-electron chi connectivity index (χ0n) is 12.6. The van der Waals surface area contributed by atoms with E-state index in [9.17, 15) is 13.2 Å². The summed E-state index contributed by atoms with van der Waals surface area (Å²) >= 11 is 11.7. The van der Waals surface area contributed by atoms with Crippen LogP contribution < -0.4 is 19.7 Å². The van der Waals surface area contributed by atoms with Gasteiger partial charge in [0.2, 0.25) is 0 Å². The lowest BCUT2D eigenvalue weighted by Crippen LogP contribution is -2.41. The Kier molecular flexibility index (Phi) is 5.05. The summed E-state index contributed by atoms with van der Waals surface area (Å²) in [7, 11) is -4.09. The van der Waals surface area contributed by atoms with Crippen LogP contribution in [0.5, 0.6) is 11.5 Å². The van der Waals surface area contributed by atoms with E-state index in [-0.39, 0.29) is 20.5 Å². The first-order chi connectivity index (χ1) is 11.9. The topological polar surface area (TPSA) is 93.7 Å². The van der Waals surface area contributed by atoms with Crippen LogP contribution in [0.4, 0.5) is 0 Å². The van der Waals surface area contributed by atoms with Crippen LogP contribution in [0.1, 0.15) is 10.4 Å². The van der Waals surface area contributed by atoms with Gasteiger partial charge in [-0.25, -0.2) is 8.42 Å². The number of nitrogens with one attached hydrogen (secondary N) is 2. The Morgan fingerprint density at radius 3 is 2.52 bits per heavy atom. The van der Waals surface area contributed by atoms with Gasteiger partial charge in [-0.2, -0.15) is 0 Å². The second-order valence-corrected chi connectivity index (χ2v) is 7.41. The zero-order valence-corrected chi connectivity index (χ0v) is 14.9. The van der Waals surface area contributed by atoms with Gasteiger partial charge in [-0.15, -0.1) is 4.83 Å². The summed E-state index contributed by atoms with van der Waals surface area (Å²) in [4.78, 5) is 13.9. The molecule has 0 unspecified atom stereocenters. The van der Waals surface area contributed by atoms with E-state index in [2.05, 4.69) is 5.43 Å². The van der Waals surface area contributed by atoms with Crippen molar-refractivity contribution in [1.29, 1.82) is 0 Å². The normalized spacial score (nSPS) is 13.4. The van der Waals surface area contributed by atoms with Crippen molar-refractivity contribution in [2.24, 2.45) is 0 Å². The number of hydrogen-bond donors (Lipinski definition) is 2. The first-order valence-electron chi connectivity index (χ1n) is 7.04. The molecule has 0 fully saturated rings. The molecule has 2 N–H and O–H groups in total. The minimum absolute atomic E-state index is 0.0858. The van der Waals surface area contributed by atoms with E-state index in [1.807, 2.05) is 4.83 Å². The van der Waals surface area contributed by atoms with Crippen molar-refractivity contribution in [2.45, 2.75) is 4.90 Å².